The molecule has 47 nitrogen and oxygen atoms in total. The highest BCUT2D eigenvalue weighted by atomic mass is 35.5. The van der Waals surface area contributed by atoms with Crippen LogP contribution in [0.2, 0.25) is 0 Å². The summed E-state index contributed by atoms with van der Waals surface area (Å²) < 4.78 is 14.3. The number of aromatic nitrogens is 16. The molecule has 3 aromatic carbocycles. The van der Waals surface area contributed by atoms with Crippen molar-refractivity contribution in [2.45, 2.75) is 38.5 Å². The Morgan fingerprint density at radius 1 is 0.365 bits per heavy atom. The number of benzene rings is 3. The number of carbonyl (C=O) groups is 15. The van der Waals surface area contributed by atoms with Gasteiger partial charge in [0, 0.05) is 225 Å². The van der Waals surface area contributed by atoms with Gasteiger partial charge in [0.15, 0.2) is 29.1 Å². The minimum Gasteiger partial charge on any atom is -0.507 e. The third-order valence-corrected chi connectivity index (χ3v) is 22.4. The molecule has 12 heterocycles. The van der Waals surface area contributed by atoms with Crippen LogP contribution in [0.15, 0.2) is 147 Å². The van der Waals surface area contributed by atoms with Gasteiger partial charge >= 0.3 is 0 Å². The van der Waals surface area contributed by atoms with E-state index in [0.717, 1.165) is 16.3 Å². The molecule has 1 aliphatic rings. The first-order valence-corrected chi connectivity index (χ1v) is 42.8. The molecule has 48 heteroatoms. The number of aromatic amines is 1. The molecule has 11 aromatic heterocycles. The van der Waals surface area contributed by atoms with E-state index in [1.165, 1.54) is 141 Å². The van der Waals surface area contributed by atoms with Crippen LogP contribution in [0.5, 0.6) is 5.75 Å². The Morgan fingerprint density at radius 2 is 0.715 bits per heavy atom. The van der Waals surface area contributed by atoms with Crippen LogP contribution in [0.4, 0.5) is 68.9 Å². The summed E-state index contributed by atoms with van der Waals surface area (Å²) in [6, 6.07) is 23.1. The lowest BCUT2D eigenvalue weighted by atomic mass is 9.95. The fourth-order valence-electron chi connectivity index (χ4n) is 15.6. The number of hydrogen-bond donors (Lipinski definition) is 16. The molecule has 1 atom stereocenters. The van der Waals surface area contributed by atoms with Crippen LogP contribution in [0.25, 0.3) is 21.7 Å². The van der Waals surface area contributed by atoms with Crippen molar-refractivity contribution in [1.82, 2.24) is 91.5 Å². The zero-order valence-corrected chi connectivity index (χ0v) is 76.2. The van der Waals surface area contributed by atoms with E-state index in [1.54, 1.807) is 109 Å². The van der Waals surface area contributed by atoms with Gasteiger partial charge < -0.3 is 135 Å². The number of phenols is 1. The summed E-state index contributed by atoms with van der Waals surface area (Å²) in [6.45, 7) is 1.47. The van der Waals surface area contributed by atoms with Gasteiger partial charge in [-0.2, -0.15) is 0 Å². The highest BCUT2D eigenvalue weighted by Gasteiger charge is 2.37. The number of hydrogen-bond acceptors (Lipinski definition) is 21. The summed E-state index contributed by atoms with van der Waals surface area (Å²) >= 11 is 6.43. The number of halogens is 1. The Balaban J connectivity index is 0.442. The summed E-state index contributed by atoms with van der Waals surface area (Å²) in [4.78, 5) is 225. The van der Waals surface area contributed by atoms with Gasteiger partial charge in [0.05, 0.1) is 34.1 Å². The number of rotatable bonds is 33. The lowest BCUT2D eigenvalue weighted by molar-refractivity contribution is -0.117. The Morgan fingerprint density at radius 3 is 1.14 bits per heavy atom. The van der Waals surface area contributed by atoms with Gasteiger partial charge in [-0.15, -0.1) is 11.6 Å². The van der Waals surface area contributed by atoms with Gasteiger partial charge in [-0.25, -0.2) is 24.9 Å². The monoisotopic (exact) mass is 1890 g/mol. The molecule has 16 N–H and O–H groups in total. The van der Waals surface area contributed by atoms with Crippen LogP contribution in [-0.2, 0) is 89.7 Å². The maximum absolute atomic E-state index is 14.1. The zero-order chi connectivity index (χ0) is 97.8. The number of imidazole rings is 5. The molecular weight excluding hydrogens is 1790 g/mol. The fraction of sp³-hybridized carbons (Fsp3) is 0.236. The zero-order valence-electron chi connectivity index (χ0n) is 75.4. The normalized spacial score (nSPS) is 12.1. The molecule has 1 unspecified atom stereocenters. The number of H-pyrrole nitrogens is 1. The molecule has 137 heavy (non-hydrogen) atoms. The topological polar surface area (TPSA) is 577 Å². The first kappa shape index (κ1) is 93.7. The second-order valence-electron chi connectivity index (χ2n) is 32.4. The van der Waals surface area contributed by atoms with Crippen molar-refractivity contribution in [3.63, 3.8) is 0 Å². The summed E-state index contributed by atoms with van der Waals surface area (Å²) in [5.41, 5.74) is 4.83. The van der Waals surface area contributed by atoms with Crippen molar-refractivity contribution in [1.29, 1.82) is 0 Å². The molecule has 0 saturated heterocycles. The third-order valence-electron chi connectivity index (χ3n) is 22.1. The number of aromatic hydroxyl groups is 1. The second kappa shape index (κ2) is 39.2. The van der Waals surface area contributed by atoms with Gasteiger partial charge in [0.25, 0.3) is 65.0 Å². The first-order chi connectivity index (χ1) is 65.3. The maximum Gasteiger partial charge on any atom is 0.292 e. The minimum atomic E-state index is -0.679. The van der Waals surface area contributed by atoms with E-state index in [1.807, 2.05) is 24.3 Å². The highest BCUT2D eigenvalue weighted by Crippen LogP contribution is 2.46. The quantitative estimate of drug-likeness (QED) is 0.0149. The predicted molar refractivity (Wildman–Crippen MR) is 503 cm³/mol. The van der Waals surface area contributed by atoms with E-state index in [9.17, 15) is 77.0 Å². The average Bonchev–Trinajstić information content (AvgIpc) is 1.60. The number of nitrogens with zero attached hydrogens (tertiary/aromatic N) is 16. The van der Waals surface area contributed by atoms with Crippen LogP contribution in [-0.4, -0.2) is 201 Å². The van der Waals surface area contributed by atoms with Gasteiger partial charge in [-0.1, -0.05) is 30.3 Å². The Labute approximate surface area is 781 Å². The molecular formula is C89H92ClN31O16. The molecule has 1 aliphatic heterocycles. The molecule has 0 aliphatic carbocycles. The number of phenolic OH excluding ortho intramolecular Hbond substituents is 1. The largest absolute Gasteiger partial charge is 0.507 e. The van der Waals surface area contributed by atoms with Crippen LogP contribution >= 0.6 is 11.6 Å². The van der Waals surface area contributed by atoms with E-state index in [4.69, 9.17) is 11.6 Å². The minimum absolute atomic E-state index is 0.0140. The number of amides is 15. The molecule has 0 radical (unpaired) electrons. The van der Waals surface area contributed by atoms with Gasteiger partial charge in [-0.05, 0) is 65.9 Å². The number of alkyl halides is 1. The molecule has 0 spiro atoms. The van der Waals surface area contributed by atoms with Crippen molar-refractivity contribution in [2.75, 3.05) is 95.4 Å². The van der Waals surface area contributed by atoms with Gasteiger partial charge in [0.1, 0.15) is 39.9 Å². The van der Waals surface area contributed by atoms with Crippen molar-refractivity contribution in [3.05, 3.63) is 216 Å². The van der Waals surface area contributed by atoms with Crippen molar-refractivity contribution in [2.24, 2.45) is 70.5 Å². The predicted octanol–water partition coefficient (Wildman–Crippen LogP) is 6.76. The average molecular weight is 1890 g/mol. The smallest absolute Gasteiger partial charge is 0.292 e. The number of aryl methyl sites for hydroxylation is 10. The van der Waals surface area contributed by atoms with E-state index < -0.39 is 76.8 Å². The molecule has 706 valence electrons. The Bertz CT molecular complexity index is 7290. The number of carbonyl (C=O) groups excluding carboxylic acids is 15. The molecule has 14 aromatic rings. The van der Waals surface area contributed by atoms with E-state index >= 15 is 0 Å². The summed E-state index contributed by atoms with van der Waals surface area (Å²) in [7, 11) is 15.7. The molecule has 0 fully saturated rings. The van der Waals surface area contributed by atoms with Crippen LogP contribution in [0, 0.1) is 0 Å². The third kappa shape index (κ3) is 21.0. The highest BCUT2D eigenvalue weighted by molar-refractivity contribution is 6.20. The SMILES string of the molecule is CC(=O)Nc1cn(C)c(C(=O)Nc2cn(C)c(C(=O)Nc3cc(C(=O)Nc4cn(C)c(C(=O)NCCC(=O)Nc5cc(C(=O)Nc6cn(C)c(C(=O)NCCCC(=O)Nc7cc(C(=O)Nc8cn(C)c(C(=O)Nc9cc(C(=O)NCCC(=O)Nc%10cc(C(=O)Nc%11ccc%12cc(C(=O)N%13CC(CCl)c%14c%13cc(O)c%13ccccc%14%13)[nH]c%12c%11)n(C)c%10)n(C)c9)n8)n(C)c7)n6)n(C)c5)n4)n(C)c3)n2)n1. The lowest BCUT2D eigenvalue weighted by Crippen LogP contribution is -2.30. The van der Waals surface area contributed by atoms with Crippen molar-refractivity contribution < 1.29 is 77.0 Å². The van der Waals surface area contributed by atoms with Crippen molar-refractivity contribution in [3.8, 4) is 5.75 Å². The molecule has 0 saturated carbocycles. The van der Waals surface area contributed by atoms with Crippen LogP contribution < -0.4 is 79.3 Å². The number of anilines is 12. The number of fused-ring (bicyclic) bond motifs is 4. The molecule has 0 bridgehead atoms. The summed E-state index contributed by atoms with van der Waals surface area (Å²) in [5.74, 6) is -8.19. The summed E-state index contributed by atoms with van der Waals surface area (Å²) in [6.07, 6.45) is 14.5. The van der Waals surface area contributed by atoms with Gasteiger partial charge in [-0.3, -0.25) is 71.9 Å². The van der Waals surface area contributed by atoms with Crippen LogP contribution in [0.1, 0.15) is 160 Å². The summed E-state index contributed by atoms with van der Waals surface area (Å²) in [5, 5.41) is 50.6. The maximum atomic E-state index is 14.1. The Hall–Kier alpha value is -18.0. The van der Waals surface area contributed by atoms with E-state index in [-0.39, 0.29) is 184 Å². The second-order valence-corrected chi connectivity index (χ2v) is 32.7. The number of nitrogens with one attached hydrogen (secondary N) is 15. The molecule has 15 amide bonds. The first-order valence-electron chi connectivity index (χ1n) is 42.3. The fourth-order valence-corrected chi connectivity index (χ4v) is 15.9. The Kier molecular flexibility index (Phi) is 26.8. The lowest BCUT2D eigenvalue weighted by Gasteiger charge is -2.17. The van der Waals surface area contributed by atoms with E-state index in [0.29, 0.717) is 40.2 Å². The van der Waals surface area contributed by atoms with Crippen LogP contribution in [0.3, 0.4) is 0 Å². The van der Waals surface area contributed by atoms with Crippen molar-refractivity contribution >= 4 is 191 Å². The van der Waals surface area contributed by atoms with Gasteiger partial charge in [0.2, 0.25) is 52.8 Å². The standard InChI is InChI=1S/C89H92ClN31O16/c1-45(122)94-65-40-118(9)78(102-65)88(136)110-69-44-120(11)77(106-69)87(135)100-53-31-63(115(6)39-53)83(131)108-67-42-117(8)75(104-67)85(133)93-24-21-72(126)97-51-29-62(114(5)37-51)81(129)107-66-41-116(7)74(103-66)84(132)91-22-14-17-70(124)95-49-28-61(113(4)35-49)82(130)109-68-43-119(10)76(105-68)86(134)99-52-30-59(111(2)38-52)79(127)92-23-20-71(125)96-50-27-60(112(3)36-50)80(128)98-48-19-18-46-25-57(101-56(46)26-48)89(137)121-34-47(33-90)73-55-16-13-12-15-54(55)64(123)32-58(73)121/h12-13,15-16,18-19,25-32,35-44,47,101,123H,14,17,20-24,33-34H2,1-11H3,(H,91,132)(H,92,127)(H,93,133)(H,94,122)(H,95,124)(H,96,125)(H,97,126)(H,98,128)(H,99,134)(H,100,135)(H,107,129)(H,108,131)(H,109,130)(H,110,136). The molecule has 15 rings (SSSR count). The van der Waals surface area contributed by atoms with E-state index in [2.05, 4.69) is 104 Å².